The van der Waals surface area contributed by atoms with E-state index in [9.17, 15) is 13.2 Å². The van der Waals surface area contributed by atoms with Crippen LogP contribution in [0.25, 0.3) is 10.2 Å². The molecule has 0 bridgehead atoms. The summed E-state index contributed by atoms with van der Waals surface area (Å²) in [6.07, 6.45) is 0. The molecule has 0 aliphatic heterocycles. The number of aryl methyl sites for hydroxylation is 1. The highest BCUT2D eigenvalue weighted by Gasteiger charge is 2.23. The molecular weight excluding hydrogens is 394 g/mol. The molecule has 0 saturated heterocycles. The Hall–Kier alpha value is -2.00. The maximum atomic E-state index is 12.3. The molecular formula is C17H16ClN3O3S2. The number of hydrogen-bond donors (Lipinski definition) is 2. The number of carbonyl (C=O) groups excluding carboxylic acids is 1. The first-order valence-corrected chi connectivity index (χ1v) is 10.4. The van der Waals surface area contributed by atoms with Gasteiger partial charge >= 0.3 is 0 Å². The molecule has 0 spiro atoms. The SMILES string of the molecule is Cc1cccc2sc(NC(=O)[C@H](C)NS(=O)(=O)c3ccc(Cl)cc3)nc12. The maximum absolute atomic E-state index is 12.3. The van der Waals surface area contributed by atoms with Gasteiger partial charge in [-0.15, -0.1) is 0 Å². The summed E-state index contributed by atoms with van der Waals surface area (Å²) >= 11 is 7.11. The number of rotatable bonds is 5. The van der Waals surface area contributed by atoms with Gasteiger partial charge in [-0.2, -0.15) is 4.72 Å². The zero-order valence-corrected chi connectivity index (χ0v) is 16.4. The molecule has 2 N–H and O–H groups in total. The van der Waals surface area contributed by atoms with Gasteiger partial charge < -0.3 is 5.32 Å². The van der Waals surface area contributed by atoms with Gasteiger partial charge in [0.05, 0.1) is 21.2 Å². The van der Waals surface area contributed by atoms with E-state index in [0.29, 0.717) is 10.2 Å². The molecule has 3 aromatic rings. The molecule has 0 aliphatic rings. The van der Waals surface area contributed by atoms with E-state index >= 15 is 0 Å². The number of halogens is 1. The Bertz CT molecular complexity index is 1060. The largest absolute Gasteiger partial charge is 0.301 e. The van der Waals surface area contributed by atoms with E-state index < -0.39 is 22.0 Å². The van der Waals surface area contributed by atoms with E-state index in [0.717, 1.165) is 15.8 Å². The summed E-state index contributed by atoms with van der Waals surface area (Å²) in [5.41, 5.74) is 1.83. The minimum Gasteiger partial charge on any atom is -0.301 e. The molecule has 2 aromatic carbocycles. The number of para-hydroxylation sites is 1. The maximum Gasteiger partial charge on any atom is 0.244 e. The number of hydrogen-bond acceptors (Lipinski definition) is 5. The van der Waals surface area contributed by atoms with Crippen LogP contribution in [0.15, 0.2) is 47.4 Å². The molecule has 0 saturated carbocycles. The lowest BCUT2D eigenvalue weighted by Crippen LogP contribution is -2.41. The summed E-state index contributed by atoms with van der Waals surface area (Å²) in [5, 5.41) is 3.52. The minimum atomic E-state index is -3.83. The molecule has 9 heteroatoms. The van der Waals surface area contributed by atoms with Gasteiger partial charge in [-0.1, -0.05) is 35.1 Å². The molecule has 0 radical (unpaired) electrons. The van der Waals surface area contributed by atoms with Crippen LogP contribution in [0.4, 0.5) is 5.13 Å². The number of fused-ring (bicyclic) bond motifs is 1. The first kappa shape index (κ1) is 18.8. The highest BCUT2D eigenvalue weighted by atomic mass is 35.5. The van der Waals surface area contributed by atoms with Gasteiger partial charge in [0.2, 0.25) is 15.9 Å². The lowest BCUT2D eigenvalue weighted by molar-refractivity contribution is -0.117. The quantitative estimate of drug-likeness (QED) is 0.674. The summed E-state index contributed by atoms with van der Waals surface area (Å²) in [4.78, 5) is 16.8. The van der Waals surface area contributed by atoms with E-state index in [1.807, 2.05) is 25.1 Å². The topological polar surface area (TPSA) is 88.2 Å². The molecule has 0 fully saturated rings. The van der Waals surface area contributed by atoms with Gasteiger partial charge in [0.25, 0.3) is 0 Å². The fourth-order valence-corrected chi connectivity index (χ4v) is 4.60. The Morgan fingerprint density at radius 3 is 2.54 bits per heavy atom. The third kappa shape index (κ3) is 4.04. The Morgan fingerprint density at radius 1 is 1.19 bits per heavy atom. The van der Waals surface area contributed by atoms with Crippen LogP contribution in [0, 0.1) is 6.92 Å². The van der Waals surface area contributed by atoms with Crippen LogP contribution in [0.1, 0.15) is 12.5 Å². The summed E-state index contributed by atoms with van der Waals surface area (Å²) in [7, 11) is -3.83. The van der Waals surface area contributed by atoms with Gasteiger partial charge in [0, 0.05) is 5.02 Å². The van der Waals surface area contributed by atoms with Crippen LogP contribution in [-0.4, -0.2) is 25.4 Å². The van der Waals surface area contributed by atoms with Crippen molar-refractivity contribution >= 4 is 54.2 Å². The number of amides is 1. The summed E-state index contributed by atoms with van der Waals surface area (Å²) < 4.78 is 28.0. The Labute approximate surface area is 160 Å². The zero-order chi connectivity index (χ0) is 18.9. The molecule has 26 heavy (non-hydrogen) atoms. The number of benzene rings is 2. The van der Waals surface area contributed by atoms with Gasteiger partial charge in [0.1, 0.15) is 0 Å². The second-order valence-corrected chi connectivity index (χ2v) is 8.91. The average molecular weight is 410 g/mol. The molecule has 136 valence electrons. The smallest absolute Gasteiger partial charge is 0.244 e. The molecule has 6 nitrogen and oxygen atoms in total. The van der Waals surface area contributed by atoms with E-state index in [1.54, 1.807) is 0 Å². The molecule has 3 rings (SSSR count). The van der Waals surface area contributed by atoms with Crippen molar-refractivity contribution in [2.45, 2.75) is 24.8 Å². The van der Waals surface area contributed by atoms with Gasteiger partial charge in [-0.25, -0.2) is 13.4 Å². The third-order valence-corrected chi connectivity index (χ3v) is 6.44. The predicted octanol–water partition coefficient (Wildman–Crippen LogP) is 3.56. The number of carbonyl (C=O) groups is 1. The van der Waals surface area contributed by atoms with Crippen molar-refractivity contribution in [3.05, 3.63) is 53.1 Å². The fourth-order valence-electron chi connectivity index (χ4n) is 2.32. The number of sulfonamides is 1. The number of aromatic nitrogens is 1. The van der Waals surface area contributed by atoms with Crippen molar-refractivity contribution in [1.29, 1.82) is 0 Å². The van der Waals surface area contributed by atoms with E-state index in [2.05, 4.69) is 15.0 Å². The first-order chi connectivity index (χ1) is 12.3. The van der Waals surface area contributed by atoms with Crippen molar-refractivity contribution in [2.75, 3.05) is 5.32 Å². The standard InChI is InChI=1S/C17H16ClN3O3S2/c1-10-4-3-5-14-15(10)19-17(25-14)20-16(22)11(2)21-26(23,24)13-8-6-12(18)7-9-13/h3-9,11,21H,1-2H3,(H,19,20,22)/t11-/m0/s1. The lowest BCUT2D eigenvalue weighted by Gasteiger charge is -2.13. The normalized spacial score (nSPS) is 12.9. The molecule has 0 unspecified atom stereocenters. The van der Waals surface area contributed by atoms with Crippen molar-refractivity contribution in [1.82, 2.24) is 9.71 Å². The second kappa shape index (κ2) is 7.32. The van der Waals surface area contributed by atoms with Crippen LogP contribution >= 0.6 is 22.9 Å². The predicted molar refractivity (Wildman–Crippen MR) is 104 cm³/mol. The van der Waals surface area contributed by atoms with E-state index in [4.69, 9.17) is 11.6 Å². The fraction of sp³-hybridized carbons (Fsp3) is 0.176. The first-order valence-electron chi connectivity index (χ1n) is 7.71. The Morgan fingerprint density at radius 2 is 1.88 bits per heavy atom. The van der Waals surface area contributed by atoms with Crippen molar-refractivity contribution in [3.63, 3.8) is 0 Å². The summed E-state index contributed by atoms with van der Waals surface area (Å²) in [6, 6.07) is 10.5. The number of nitrogens with zero attached hydrogens (tertiary/aromatic N) is 1. The van der Waals surface area contributed by atoms with E-state index in [-0.39, 0.29) is 4.90 Å². The van der Waals surface area contributed by atoms with Crippen molar-refractivity contribution in [2.24, 2.45) is 0 Å². The summed E-state index contributed by atoms with van der Waals surface area (Å²) in [6.45, 7) is 3.41. The molecule has 0 aliphatic carbocycles. The van der Waals surface area contributed by atoms with Crippen LogP contribution in [-0.2, 0) is 14.8 Å². The molecule has 1 heterocycles. The second-order valence-electron chi connectivity index (χ2n) is 5.73. The molecule has 1 amide bonds. The molecule has 1 aromatic heterocycles. The number of anilines is 1. The van der Waals surface area contributed by atoms with Gasteiger partial charge in [-0.3, -0.25) is 4.79 Å². The van der Waals surface area contributed by atoms with Crippen molar-refractivity contribution in [3.8, 4) is 0 Å². The molecule has 1 atom stereocenters. The van der Waals surface area contributed by atoms with Crippen LogP contribution in [0.5, 0.6) is 0 Å². The van der Waals surface area contributed by atoms with Gasteiger partial charge in [-0.05, 0) is 49.7 Å². The number of nitrogens with one attached hydrogen (secondary N) is 2. The Balaban J connectivity index is 1.72. The minimum absolute atomic E-state index is 0.0390. The van der Waals surface area contributed by atoms with Crippen LogP contribution < -0.4 is 10.0 Å². The zero-order valence-electron chi connectivity index (χ0n) is 14.0. The average Bonchev–Trinajstić information content (AvgIpc) is 2.98. The highest BCUT2D eigenvalue weighted by Crippen LogP contribution is 2.28. The Kier molecular flexibility index (Phi) is 5.29. The highest BCUT2D eigenvalue weighted by molar-refractivity contribution is 7.89. The monoisotopic (exact) mass is 409 g/mol. The van der Waals surface area contributed by atoms with Gasteiger partial charge in [0.15, 0.2) is 5.13 Å². The van der Waals surface area contributed by atoms with Crippen LogP contribution in [0.2, 0.25) is 5.02 Å². The number of thiazole rings is 1. The van der Waals surface area contributed by atoms with E-state index in [1.165, 1.54) is 42.5 Å². The lowest BCUT2D eigenvalue weighted by atomic mass is 10.2. The third-order valence-electron chi connectivity index (χ3n) is 3.70. The van der Waals surface area contributed by atoms with Crippen LogP contribution in [0.3, 0.4) is 0 Å². The summed E-state index contributed by atoms with van der Waals surface area (Å²) in [5.74, 6) is -0.487. The van der Waals surface area contributed by atoms with Crippen molar-refractivity contribution < 1.29 is 13.2 Å².